The summed E-state index contributed by atoms with van der Waals surface area (Å²) in [5, 5.41) is 14.5. The third-order valence-corrected chi connectivity index (χ3v) is 6.07. The maximum atomic E-state index is 12.3. The Morgan fingerprint density at radius 2 is 1.90 bits per heavy atom. The number of carboxylic acid groups (broad SMARTS) is 1. The van der Waals surface area contributed by atoms with E-state index in [1.807, 2.05) is 0 Å². The molecule has 0 bridgehead atoms. The van der Waals surface area contributed by atoms with Gasteiger partial charge in [0, 0.05) is 24.8 Å². The highest BCUT2D eigenvalue weighted by Gasteiger charge is 2.52. The summed E-state index contributed by atoms with van der Waals surface area (Å²) in [6.45, 7) is 7.88. The van der Waals surface area contributed by atoms with E-state index in [1.54, 1.807) is 24.3 Å². The Hall–Kier alpha value is -2.12. The van der Waals surface area contributed by atoms with Gasteiger partial charge in [0.2, 0.25) is 0 Å². The lowest BCUT2D eigenvalue weighted by Gasteiger charge is -2.24. The Kier molecular flexibility index (Phi) is 7.36. The van der Waals surface area contributed by atoms with Crippen LogP contribution in [0.3, 0.4) is 0 Å². The first-order chi connectivity index (χ1) is 14.3. The van der Waals surface area contributed by atoms with Gasteiger partial charge in [-0.2, -0.15) is 0 Å². The van der Waals surface area contributed by atoms with Gasteiger partial charge in [-0.25, -0.2) is 4.79 Å². The number of carbonyl (C=O) groups excluding carboxylic acids is 1. The first-order valence-electron chi connectivity index (χ1n) is 10.9. The van der Waals surface area contributed by atoms with Gasteiger partial charge < -0.3 is 25.2 Å². The Bertz CT molecular complexity index is 734. The number of nitrogens with one attached hydrogen (secondary N) is 2. The number of hydrogen-bond acceptors (Lipinski definition) is 4. The monoisotopic (exact) mass is 418 g/mol. The van der Waals surface area contributed by atoms with E-state index in [1.165, 1.54) is 0 Å². The normalized spacial score (nSPS) is 26.9. The zero-order valence-corrected chi connectivity index (χ0v) is 18.1. The molecule has 2 aliphatic rings. The lowest BCUT2D eigenvalue weighted by molar-refractivity contribution is -0.153. The number of aliphatic carboxylic acids is 1. The highest BCUT2D eigenvalue weighted by molar-refractivity contribution is 5.89. The molecule has 0 radical (unpaired) electrons. The van der Waals surface area contributed by atoms with Crippen LogP contribution < -0.4 is 10.6 Å². The van der Waals surface area contributed by atoms with Crippen molar-refractivity contribution in [1.29, 1.82) is 0 Å². The van der Waals surface area contributed by atoms with Gasteiger partial charge in [-0.1, -0.05) is 39.3 Å². The number of rotatable bonds is 9. The van der Waals surface area contributed by atoms with Crippen molar-refractivity contribution in [2.45, 2.75) is 65.3 Å². The minimum absolute atomic E-state index is 0.0358. The maximum absolute atomic E-state index is 12.3. The number of anilines is 1. The fourth-order valence-corrected chi connectivity index (χ4v) is 4.70. The minimum Gasteiger partial charge on any atom is -0.481 e. The van der Waals surface area contributed by atoms with Crippen molar-refractivity contribution in [3.8, 4) is 0 Å². The van der Waals surface area contributed by atoms with Gasteiger partial charge in [-0.3, -0.25) is 4.79 Å². The van der Waals surface area contributed by atoms with Crippen LogP contribution in [0.4, 0.5) is 10.5 Å². The van der Waals surface area contributed by atoms with Gasteiger partial charge in [0.15, 0.2) is 6.29 Å². The number of hydrogen-bond donors (Lipinski definition) is 3. The summed E-state index contributed by atoms with van der Waals surface area (Å²) in [5.74, 6) is -0.105. The summed E-state index contributed by atoms with van der Waals surface area (Å²) >= 11 is 0. The summed E-state index contributed by atoms with van der Waals surface area (Å²) in [4.78, 5) is 23.1. The molecule has 0 aromatic heterocycles. The minimum atomic E-state index is -0.879. The van der Waals surface area contributed by atoms with Gasteiger partial charge in [0.1, 0.15) is 0 Å². The molecule has 1 aromatic rings. The SMILES string of the molecule is CCCCO[C@H]1O[C@H](CNC(=O)Nc2ccc(CC(=O)O)cc2)[C@@H]2CC(C)(C)C[C@H]12. The standard InChI is InChI=1S/C23H34N2O5/c1-4-5-10-29-21-18-13-23(2,3)12-17(18)19(30-21)14-24-22(28)25-16-8-6-15(7-9-16)11-20(26)27/h6-9,17-19,21H,4-5,10-14H2,1-3H3,(H,26,27)(H2,24,25,28)/t17-,18+,19-,21+/m1/s1. The number of urea groups is 1. The Labute approximate surface area is 178 Å². The Morgan fingerprint density at radius 1 is 1.20 bits per heavy atom. The summed E-state index contributed by atoms with van der Waals surface area (Å²) in [7, 11) is 0. The van der Waals surface area contributed by atoms with Crippen LogP contribution in [0.5, 0.6) is 0 Å². The smallest absolute Gasteiger partial charge is 0.319 e. The van der Waals surface area contributed by atoms with E-state index in [9.17, 15) is 9.59 Å². The van der Waals surface area contributed by atoms with E-state index in [-0.39, 0.29) is 30.3 Å². The number of unbranched alkanes of at least 4 members (excludes halogenated alkanes) is 1. The van der Waals surface area contributed by atoms with Crippen molar-refractivity contribution in [1.82, 2.24) is 5.32 Å². The molecule has 7 heteroatoms. The molecule has 1 aromatic carbocycles. The molecule has 1 aliphatic heterocycles. The van der Waals surface area contributed by atoms with Crippen LogP contribution in [-0.2, 0) is 20.7 Å². The third kappa shape index (κ3) is 5.95. The van der Waals surface area contributed by atoms with Gasteiger partial charge >= 0.3 is 12.0 Å². The molecule has 3 rings (SSSR count). The predicted octanol–water partition coefficient (Wildman–Crippen LogP) is 4.03. The first kappa shape index (κ1) is 22.6. The number of fused-ring (bicyclic) bond motifs is 1. The highest BCUT2D eigenvalue weighted by Crippen LogP contribution is 2.52. The number of amides is 2. The van der Waals surface area contributed by atoms with Crippen molar-refractivity contribution in [3.05, 3.63) is 29.8 Å². The zero-order valence-electron chi connectivity index (χ0n) is 18.1. The van der Waals surface area contributed by atoms with Crippen molar-refractivity contribution < 1.29 is 24.2 Å². The van der Waals surface area contributed by atoms with E-state index in [0.717, 1.165) is 25.7 Å². The van der Waals surface area contributed by atoms with Gasteiger partial charge in [0.05, 0.1) is 12.5 Å². The molecule has 1 heterocycles. The molecule has 1 saturated carbocycles. The van der Waals surface area contributed by atoms with Crippen LogP contribution in [0.25, 0.3) is 0 Å². The van der Waals surface area contributed by atoms with Crippen molar-refractivity contribution in [2.75, 3.05) is 18.5 Å². The number of ether oxygens (including phenoxy) is 2. The Balaban J connectivity index is 1.51. The molecule has 0 unspecified atom stereocenters. The van der Waals surface area contributed by atoms with Crippen molar-refractivity contribution >= 4 is 17.7 Å². The summed E-state index contributed by atoms with van der Waals surface area (Å²) in [6.07, 6.45) is 4.01. The van der Waals surface area contributed by atoms with Crippen molar-refractivity contribution in [3.63, 3.8) is 0 Å². The molecule has 1 saturated heterocycles. The third-order valence-electron chi connectivity index (χ3n) is 6.07. The second-order valence-corrected chi connectivity index (χ2v) is 9.27. The van der Waals surface area contributed by atoms with E-state index >= 15 is 0 Å². The van der Waals surface area contributed by atoms with Gasteiger partial charge in [-0.05, 0) is 48.3 Å². The van der Waals surface area contributed by atoms with Crippen LogP contribution >= 0.6 is 0 Å². The van der Waals surface area contributed by atoms with Crippen LogP contribution in [0.15, 0.2) is 24.3 Å². The molecule has 166 valence electrons. The summed E-state index contributed by atoms with van der Waals surface area (Å²) in [5.41, 5.74) is 1.58. The average molecular weight is 419 g/mol. The van der Waals surface area contributed by atoms with Crippen molar-refractivity contribution in [2.24, 2.45) is 17.3 Å². The highest BCUT2D eigenvalue weighted by atomic mass is 16.7. The molecule has 7 nitrogen and oxygen atoms in total. The summed E-state index contributed by atoms with van der Waals surface area (Å²) < 4.78 is 12.2. The molecule has 4 atom stereocenters. The second-order valence-electron chi connectivity index (χ2n) is 9.27. The Morgan fingerprint density at radius 3 is 2.57 bits per heavy atom. The maximum Gasteiger partial charge on any atom is 0.319 e. The topological polar surface area (TPSA) is 96.9 Å². The molecular formula is C23H34N2O5. The van der Waals surface area contributed by atoms with E-state index in [0.29, 0.717) is 36.2 Å². The van der Waals surface area contributed by atoms with Crippen LogP contribution in [0.2, 0.25) is 0 Å². The predicted molar refractivity (Wildman–Crippen MR) is 114 cm³/mol. The molecule has 3 N–H and O–H groups in total. The molecule has 2 fully saturated rings. The number of benzene rings is 1. The molecule has 1 aliphatic carbocycles. The fraction of sp³-hybridized carbons (Fsp3) is 0.652. The van der Waals surface area contributed by atoms with Crippen LogP contribution in [0, 0.1) is 17.3 Å². The van der Waals surface area contributed by atoms with E-state index < -0.39 is 5.97 Å². The lowest BCUT2D eigenvalue weighted by Crippen LogP contribution is -2.38. The van der Waals surface area contributed by atoms with E-state index in [2.05, 4.69) is 31.4 Å². The molecule has 2 amide bonds. The summed E-state index contributed by atoms with van der Waals surface area (Å²) in [6, 6.07) is 6.52. The van der Waals surface area contributed by atoms with Crippen LogP contribution in [0.1, 0.15) is 52.0 Å². The average Bonchev–Trinajstić information content (AvgIpc) is 3.15. The number of carbonyl (C=O) groups is 2. The first-order valence-corrected chi connectivity index (χ1v) is 10.9. The van der Waals surface area contributed by atoms with Gasteiger partial charge in [0.25, 0.3) is 0 Å². The molecule has 0 spiro atoms. The molecular weight excluding hydrogens is 384 g/mol. The zero-order chi connectivity index (χ0) is 21.7. The quantitative estimate of drug-likeness (QED) is 0.526. The molecule has 30 heavy (non-hydrogen) atoms. The largest absolute Gasteiger partial charge is 0.481 e. The van der Waals surface area contributed by atoms with Gasteiger partial charge in [-0.15, -0.1) is 0 Å². The number of carboxylic acids is 1. The second kappa shape index (κ2) is 9.79. The van der Waals surface area contributed by atoms with E-state index in [4.69, 9.17) is 14.6 Å². The fourth-order valence-electron chi connectivity index (χ4n) is 4.70. The lowest BCUT2D eigenvalue weighted by atomic mass is 9.89. The van der Waals surface area contributed by atoms with Crippen LogP contribution in [-0.4, -0.2) is 42.7 Å².